The molecule has 0 radical (unpaired) electrons. The molecule has 1 aromatic carbocycles. The van der Waals surface area contributed by atoms with E-state index in [9.17, 15) is 22.8 Å². The summed E-state index contributed by atoms with van der Waals surface area (Å²) in [7, 11) is 1.61. The van der Waals surface area contributed by atoms with Gasteiger partial charge in [0, 0.05) is 64.1 Å². The molecule has 0 saturated carbocycles. The van der Waals surface area contributed by atoms with Crippen LogP contribution in [0, 0.1) is 0 Å². The van der Waals surface area contributed by atoms with E-state index >= 15 is 0 Å². The SMILES string of the molecule is Cn1cc(Br)nc(NCC(C)(C)c2ccc(N3CCN(C4CCOCC4)CC3C(F)(F)F)c(OC(N)=O)c2)c1=O. The molecule has 2 fully saturated rings. The zero-order chi connectivity index (χ0) is 29.2. The molecule has 220 valence electrons. The van der Waals surface area contributed by atoms with Gasteiger partial charge in [0.2, 0.25) is 0 Å². The predicted molar refractivity (Wildman–Crippen MR) is 148 cm³/mol. The van der Waals surface area contributed by atoms with Crippen molar-refractivity contribution in [3.05, 3.63) is 44.9 Å². The van der Waals surface area contributed by atoms with Gasteiger partial charge in [-0.3, -0.25) is 9.69 Å². The van der Waals surface area contributed by atoms with E-state index < -0.39 is 23.7 Å². The van der Waals surface area contributed by atoms with Gasteiger partial charge in [-0.1, -0.05) is 19.9 Å². The summed E-state index contributed by atoms with van der Waals surface area (Å²) >= 11 is 3.27. The first-order chi connectivity index (χ1) is 18.8. The Bertz CT molecular complexity index is 1280. The van der Waals surface area contributed by atoms with Crippen LogP contribution in [0.1, 0.15) is 32.3 Å². The lowest BCUT2D eigenvalue weighted by atomic mass is 9.84. The van der Waals surface area contributed by atoms with E-state index in [0.29, 0.717) is 42.8 Å². The van der Waals surface area contributed by atoms with Gasteiger partial charge in [0.25, 0.3) is 5.56 Å². The molecule has 1 atom stereocenters. The summed E-state index contributed by atoms with van der Waals surface area (Å²) in [5.41, 5.74) is 5.16. The first-order valence-corrected chi connectivity index (χ1v) is 13.8. The summed E-state index contributed by atoms with van der Waals surface area (Å²) in [5.74, 6) is 0.0916. The zero-order valence-corrected chi connectivity index (χ0v) is 24.2. The van der Waals surface area contributed by atoms with Crippen LogP contribution in [0.4, 0.5) is 29.5 Å². The van der Waals surface area contributed by atoms with Crippen molar-refractivity contribution >= 4 is 33.5 Å². The summed E-state index contributed by atoms with van der Waals surface area (Å²) in [6.07, 6.45) is -2.71. The molecule has 3 N–H and O–H groups in total. The van der Waals surface area contributed by atoms with E-state index in [1.165, 1.54) is 21.6 Å². The van der Waals surface area contributed by atoms with Crippen LogP contribution in [0.5, 0.6) is 5.75 Å². The molecule has 0 bridgehead atoms. The van der Waals surface area contributed by atoms with E-state index in [4.69, 9.17) is 15.2 Å². The lowest BCUT2D eigenvalue weighted by Gasteiger charge is -2.46. The summed E-state index contributed by atoms with van der Waals surface area (Å²) < 4.78 is 55.6. The number of aryl methyl sites for hydroxylation is 1. The van der Waals surface area contributed by atoms with Crippen LogP contribution in [-0.4, -0.2) is 78.2 Å². The molecule has 1 aromatic heterocycles. The molecule has 10 nitrogen and oxygen atoms in total. The number of ether oxygens (including phenoxy) is 2. The van der Waals surface area contributed by atoms with E-state index in [1.54, 1.807) is 19.3 Å². The quantitative estimate of drug-likeness (QED) is 0.477. The van der Waals surface area contributed by atoms with Crippen molar-refractivity contribution in [2.24, 2.45) is 12.8 Å². The number of carbonyl (C=O) groups excluding carboxylic acids is 1. The standard InChI is InChI=1S/C26H34BrF3N6O4/c1-25(2,15-32-22-23(37)34(3)14-21(27)33-22)16-4-5-18(19(12-16)40-24(31)38)36-9-8-35(13-20(36)26(28,29)30)17-6-10-39-11-7-17/h4-5,12,14,17,20H,6-11,13,15H2,1-3H3,(H2,31,38)(H,32,33). The highest BCUT2D eigenvalue weighted by atomic mass is 79.9. The highest BCUT2D eigenvalue weighted by Crippen LogP contribution is 2.40. The number of hydrogen-bond acceptors (Lipinski definition) is 8. The fourth-order valence-corrected chi connectivity index (χ4v) is 5.69. The van der Waals surface area contributed by atoms with Gasteiger partial charge < -0.3 is 30.0 Å². The number of carbonyl (C=O) groups is 1. The van der Waals surface area contributed by atoms with Crippen molar-refractivity contribution in [2.45, 2.75) is 50.4 Å². The highest BCUT2D eigenvalue weighted by Gasteiger charge is 2.48. The Kier molecular flexibility index (Phi) is 9.00. The Morgan fingerprint density at radius 3 is 2.60 bits per heavy atom. The molecule has 14 heteroatoms. The third-order valence-electron chi connectivity index (χ3n) is 7.50. The lowest BCUT2D eigenvalue weighted by molar-refractivity contribution is -0.159. The molecule has 2 saturated heterocycles. The van der Waals surface area contributed by atoms with Crippen LogP contribution in [-0.2, 0) is 17.2 Å². The van der Waals surface area contributed by atoms with Gasteiger partial charge >= 0.3 is 12.3 Å². The Hall–Kier alpha value is -2.84. The number of aromatic nitrogens is 2. The van der Waals surface area contributed by atoms with Gasteiger partial charge in [0.1, 0.15) is 10.6 Å². The lowest BCUT2D eigenvalue weighted by Crippen LogP contribution is -2.61. The van der Waals surface area contributed by atoms with Gasteiger partial charge in [0.05, 0.1) is 5.69 Å². The van der Waals surface area contributed by atoms with Gasteiger partial charge in [-0.25, -0.2) is 9.78 Å². The maximum Gasteiger partial charge on any atom is 0.410 e. The first-order valence-electron chi connectivity index (χ1n) is 13.0. The molecule has 1 unspecified atom stereocenters. The second-order valence-corrected chi connectivity index (χ2v) is 11.6. The summed E-state index contributed by atoms with van der Waals surface area (Å²) in [6, 6.07) is 3.02. The number of halogens is 4. The normalized spacial score (nSPS) is 19.5. The van der Waals surface area contributed by atoms with Crippen molar-refractivity contribution < 1.29 is 27.4 Å². The molecule has 2 aliphatic rings. The van der Waals surface area contributed by atoms with Gasteiger partial charge in [-0.2, -0.15) is 13.2 Å². The number of rotatable bonds is 7. The second-order valence-electron chi connectivity index (χ2n) is 10.8. The minimum atomic E-state index is -4.52. The molecule has 0 spiro atoms. The number of amides is 1. The number of alkyl halides is 3. The molecule has 2 aliphatic heterocycles. The van der Waals surface area contributed by atoms with Gasteiger partial charge in [-0.15, -0.1) is 0 Å². The maximum atomic E-state index is 14.4. The fourth-order valence-electron chi connectivity index (χ4n) is 5.21. The number of piperazine rings is 1. The summed E-state index contributed by atoms with van der Waals surface area (Å²) in [6.45, 7) is 5.43. The predicted octanol–water partition coefficient (Wildman–Crippen LogP) is 3.62. The third kappa shape index (κ3) is 6.89. The highest BCUT2D eigenvalue weighted by molar-refractivity contribution is 9.10. The van der Waals surface area contributed by atoms with Crippen LogP contribution in [0.3, 0.4) is 0 Å². The maximum absolute atomic E-state index is 14.4. The number of nitrogens with one attached hydrogen (secondary N) is 1. The van der Waals surface area contributed by atoms with Crippen LogP contribution in [0.2, 0.25) is 0 Å². The Morgan fingerprint density at radius 1 is 1.25 bits per heavy atom. The summed E-state index contributed by atoms with van der Waals surface area (Å²) in [5, 5.41) is 3.05. The molecule has 1 amide bonds. The number of anilines is 2. The van der Waals surface area contributed by atoms with Crippen LogP contribution in [0.15, 0.2) is 33.8 Å². The van der Waals surface area contributed by atoms with Crippen molar-refractivity contribution in [2.75, 3.05) is 49.6 Å². The molecule has 2 aromatic rings. The average Bonchev–Trinajstić information content (AvgIpc) is 2.89. The smallest absolute Gasteiger partial charge is 0.408 e. The number of benzene rings is 1. The number of hydrogen-bond donors (Lipinski definition) is 2. The van der Waals surface area contributed by atoms with Crippen LogP contribution >= 0.6 is 15.9 Å². The Labute approximate surface area is 238 Å². The third-order valence-corrected chi connectivity index (χ3v) is 7.88. The fraction of sp³-hybridized carbons (Fsp3) is 0.577. The minimum Gasteiger partial charge on any atom is -0.408 e. The topological polar surface area (TPSA) is 115 Å². The van der Waals surface area contributed by atoms with Crippen molar-refractivity contribution in [3.63, 3.8) is 0 Å². The molecule has 3 heterocycles. The van der Waals surface area contributed by atoms with Crippen LogP contribution in [0.25, 0.3) is 0 Å². The van der Waals surface area contributed by atoms with E-state index in [-0.39, 0.29) is 48.5 Å². The average molecular weight is 631 g/mol. The number of nitrogens with two attached hydrogens (primary N) is 1. The molecular formula is C26H34BrF3N6O4. The van der Waals surface area contributed by atoms with Gasteiger partial charge in [-0.05, 0) is 46.5 Å². The minimum absolute atomic E-state index is 0.0364. The number of nitrogens with zero attached hydrogens (tertiary/aromatic N) is 4. The molecular weight excluding hydrogens is 597 g/mol. The monoisotopic (exact) mass is 630 g/mol. The van der Waals surface area contributed by atoms with Gasteiger partial charge in [0.15, 0.2) is 11.6 Å². The molecule has 40 heavy (non-hydrogen) atoms. The van der Waals surface area contributed by atoms with E-state index in [1.807, 2.05) is 18.7 Å². The molecule has 0 aliphatic carbocycles. The van der Waals surface area contributed by atoms with Crippen molar-refractivity contribution in [1.82, 2.24) is 14.5 Å². The molecule has 4 rings (SSSR count). The first kappa shape index (κ1) is 30.1. The zero-order valence-electron chi connectivity index (χ0n) is 22.6. The van der Waals surface area contributed by atoms with E-state index in [0.717, 1.165) is 0 Å². The largest absolute Gasteiger partial charge is 0.410 e. The number of primary amides is 1. The summed E-state index contributed by atoms with van der Waals surface area (Å²) in [4.78, 5) is 31.6. The van der Waals surface area contributed by atoms with Crippen molar-refractivity contribution in [1.29, 1.82) is 0 Å². The van der Waals surface area contributed by atoms with E-state index in [2.05, 4.69) is 26.2 Å². The second kappa shape index (κ2) is 12.0. The Balaban J connectivity index is 1.61. The Morgan fingerprint density at radius 2 is 1.95 bits per heavy atom. The van der Waals surface area contributed by atoms with Crippen molar-refractivity contribution in [3.8, 4) is 5.75 Å². The van der Waals surface area contributed by atoms with Crippen LogP contribution < -0.4 is 26.2 Å².